The van der Waals surface area contributed by atoms with Crippen molar-refractivity contribution in [3.05, 3.63) is 53.1 Å². The van der Waals surface area contributed by atoms with Crippen LogP contribution in [0.15, 0.2) is 36.4 Å². The number of anilines is 3. The summed E-state index contributed by atoms with van der Waals surface area (Å²) in [6.45, 7) is 7.99. The second kappa shape index (κ2) is 6.83. The minimum absolute atomic E-state index is 0.256. The lowest BCUT2D eigenvalue weighted by atomic mass is 10.1. The van der Waals surface area contributed by atoms with Crippen LogP contribution in [0.25, 0.3) is 0 Å². The van der Waals surface area contributed by atoms with Crippen LogP contribution in [0.1, 0.15) is 40.1 Å². The molecule has 5 nitrogen and oxygen atoms in total. The Balaban J connectivity index is 2.05. The van der Waals surface area contributed by atoms with E-state index in [4.69, 9.17) is 0 Å². The van der Waals surface area contributed by atoms with Crippen LogP contribution in [0.2, 0.25) is 0 Å². The predicted molar refractivity (Wildman–Crippen MR) is 107 cm³/mol. The number of carbonyl (C=O) groups excluding carboxylic acids is 2. The molecule has 0 saturated carbocycles. The number of benzene rings is 2. The number of aryl methyl sites for hydroxylation is 1. The van der Waals surface area contributed by atoms with Crippen molar-refractivity contribution in [2.75, 3.05) is 41.9 Å². The predicted octanol–water partition coefficient (Wildman–Crippen LogP) is 3.71. The molecule has 136 valence electrons. The number of fused-ring (bicyclic) bond motifs is 1. The number of carbonyl (C=O) groups is 2. The van der Waals surface area contributed by atoms with Crippen molar-refractivity contribution in [3.63, 3.8) is 0 Å². The van der Waals surface area contributed by atoms with Gasteiger partial charge in [0.2, 0.25) is 0 Å². The van der Waals surface area contributed by atoms with Crippen LogP contribution in [0.5, 0.6) is 0 Å². The molecule has 0 atom stereocenters. The first-order valence-electron chi connectivity index (χ1n) is 8.95. The van der Waals surface area contributed by atoms with Gasteiger partial charge >= 0.3 is 0 Å². The monoisotopic (exact) mass is 351 g/mol. The summed E-state index contributed by atoms with van der Waals surface area (Å²) in [5, 5.41) is 0. The van der Waals surface area contributed by atoms with Crippen LogP contribution in [0, 0.1) is 6.92 Å². The zero-order valence-corrected chi connectivity index (χ0v) is 16.0. The number of hydrogen-bond acceptors (Lipinski definition) is 4. The van der Waals surface area contributed by atoms with E-state index in [-0.39, 0.29) is 11.8 Å². The van der Waals surface area contributed by atoms with Gasteiger partial charge in [-0.25, -0.2) is 4.90 Å². The van der Waals surface area contributed by atoms with Gasteiger partial charge in [0.25, 0.3) is 11.8 Å². The second-order valence-corrected chi connectivity index (χ2v) is 6.68. The zero-order chi connectivity index (χ0) is 19.0. The second-order valence-electron chi connectivity index (χ2n) is 6.68. The highest BCUT2D eigenvalue weighted by atomic mass is 16.2. The zero-order valence-electron chi connectivity index (χ0n) is 16.0. The molecule has 1 aliphatic rings. The SMILES string of the molecule is CCN(CC)c1ccc(N2C(=O)c3cccc(N(C)C)c3C2=O)c(C)c1. The van der Waals surface area contributed by atoms with Crippen LogP contribution in [-0.4, -0.2) is 39.0 Å². The lowest BCUT2D eigenvalue weighted by Gasteiger charge is -2.24. The lowest BCUT2D eigenvalue weighted by Crippen LogP contribution is -2.30. The minimum atomic E-state index is -0.257. The standard InChI is InChI=1S/C21H25N3O2/c1-6-23(7-2)15-11-12-17(14(3)13-15)24-20(25)16-9-8-10-18(22(4)5)19(16)21(24)26/h8-13H,6-7H2,1-5H3. The van der Waals surface area contributed by atoms with Crippen molar-refractivity contribution in [2.45, 2.75) is 20.8 Å². The highest BCUT2D eigenvalue weighted by Crippen LogP contribution is 2.36. The third-order valence-corrected chi connectivity index (χ3v) is 4.92. The Morgan fingerprint density at radius 1 is 0.962 bits per heavy atom. The van der Waals surface area contributed by atoms with E-state index in [1.54, 1.807) is 6.07 Å². The van der Waals surface area contributed by atoms with E-state index >= 15 is 0 Å². The molecule has 0 aromatic heterocycles. The fourth-order valence-electron chi connectivity index (χ4n) is 3.54. The van der Waals surface area contributed by atoms with Crippen molar-refractivity contribution >= 4 is 28.9 Å². The summed E-state index contributed by atoms with van der Waals surface area (Å²) in [7, 11) is 3.75. The molecule has 2 aromatic rings. The van der Waals surface area contributed by atoms with Crippen LogP contribution in [0.3, 0.4) is 0 Å². The van der Waals surface area contributed by atoms with Gasteiger partial charge in [0.1, 0.15) is 0 Å². The normalized spacial score (nSPS) is 13.2. The topological polar surface area (TPSA) is 43.9 Å². The van der Waals surface area contributed by atoms with E-state index < -0.39 is 0 Å². The molecular weight excluding hydrogens is 326 g/mol. The molecule has 0 radical (unpaired) electrons. The summed E-state index contributed by atoms with van der Waals surface area (Å²) < 4.78 is 0. The van der Waals surface area contributed by atoms with Gasteiger partial charge in [-0.1, -0.05) is 6.07 Å². The highest BCUT2D eigenvalue weighted by molar-refractivity contribution is 6.36. The number of rotatable bonds is 5. The average molecular weight is 351 g/mol. The first-order chi connectivity index (χ1) is 12.4. The van der Waals surface area contributed by atoms with Crippen molar-refractivity contribution in [2.24, 2.45) is 0 Å². The van der Waals surface area contributed by atoms with Gasteiger partial charge in [0.05, 0.1) is 16.8 Å². The summed E-state index contributed by atoms with van der Waals surface area (Å²) in [6, 6.07) is 11.3. The van der Waals surface area contributed by atoms with E-state index in [0.717, 1.165) is 30.0 Å². The molecule has 0 unspecified atom stereocenters. The molecule has 26 heavy (non-hydrogen) atoms. The van der Waals surface area contributed by atoms with E-state index in [1.807, 2.05) is 56.3 Å². The Kier molecular flexibility index (Phi) is 4.72. The maximum atomic E-state index is 13.1. The molecule has 0 saturated heterocycles. The van der Waals surface area contributed by atoms with Crippen molar-refractivity contribution in [1.82, 2.24) is 0 Å². The number of nitrogens with zero attached hydrogens (tertiary/aromatic N) is 3. The van der Waals surface area contributed by atoms with Crippen LogP contribution < -0.4 is 14.7 Å². The van der Waals surface area contributed by atoms with Crippen molar-refractivity contribution in [1.29, 1.82) is 0 Å². The molecule has 3 rings (SSSR count). The largest absolute Gasteiger partial charge is 0.377 e. The molecule has 0 spiro atoms. The molecule has 1 aliphatic heterocycles. The van der Waals surface area contributed by atoms with Gasteiger partial charge in [-0.05, 0) is 56.7 Å². The third-order valence-electron chi connectivity index (χ3n) is 4.92. The fourth-order valence-corrected chi connectivity index (χ4v) is 3.54. The Bertz CT molecular complexity index is 870. The van der Waals surface area contributed by atoms with E-state index in [0.29, 0.717) is 16.8 Å². The van der Waals surface area contributed by atoms with Gasteiger partial charge in [-0.15, -0.1) is 0 Å². The summed E-state index contributed by atoms with van der Waals surface area (Å²) in [5.41, 5.74) is 4.37. The molecule has 2 aromatic carbocycles. The first kappa shape index (κ1) is 18.0. The van der Waals surface area contributed by atoms with Gasteiger partial charge in [-0.3, -0.25) is 9.59 Å². The van der Waals surface area contributed by atoms with Gasteiger partial charge in [0.15, 0.2) is 0 Å². The van der Waals surface area contributed by atoms with Gasteiger partial charge < -0.3 is 9.80 Å². The Morgan fingerprint density at radius 3 is 2.23 bits per heavy atom. The number of hydrogen-bond donors (Lipinski definition) is 0. The molecule has 0 N–H and O–H groups in total. The summed E-state index contributed by atoms with van der Waals surface area (Å²) in [5.74, 6) is -0.514. The molecular formula is C21H25N3O2. The lowest BCUT2D eigenvalue weighted by molar-refractivity contribution is 0.0926. The molecule has 5 heteroatoms. The molecule has 2 amide bonds. The number of imide groups is 1. The molecule has 1 heterocycles. The Hall–Kier alpha value is -2.82. The van der Waals surface area contributed by atoms with Gasteiger partial charge in [-0.2, -0.15) is 0 Å². The Labute approximate surface area is 154 Å². The summed E-state index contributed by atoms with van der Waals surface area (Å²) in [4.78, 5) is 31.4. The van der Waals surface area contributed by atoms with Crippen LogP contribution in [-0.2, 0) is 0 Å². The van der Waals surface area contributed by atoms with E-state index in [2.05, 4.69) is 18.7 Å². The average Bonchev–Trinajstić information content (AvgIpc) is 2.87. The Morgan fingerprint density at radius 2 is 1.65 bits per heavy atom. The maximum Gasteiger partial charge on any atom is 0.268 e. The molecule has 0 aliphatic carbocycles. The quantitative estimate of drug-likeness (QED) is 0.771. The van der Waals surface area contributed by atoms with Crippen LogP contribution in [0.4, 0.5) is 17.1 Å². The van der Waals surface area contributed by atoms with E-state index in [1.165, 1.54) is 4.90 Å². The summed E-state index contributed by atoms with van der Waals surface area (Å²) >= 11 is 0. The van der Waals surface area contributed by atoms with Gasteiger partial charge in [0, 0.05) is 38.6 Å². The van der Waals surface area contributed by atoms with E-state index in [9.17, 15) is 9.59 Å². The highest BCUT2D eigenvalue weighted by Gasteiger charge is 2.39. The third kappa shape index (κ3) is 2.73. The first-order valence-corrected chi connectivity index (χ1v) is 8.95. The van der Waals surface area contributed by atoms with Crippen molar-refractivity contribution in [3.8, 4) is 0 Å². The minimum Gasteiger partial charge on any atom is -0.377 e. The smallest absolute Gasteiger partial charge is 0.268 e. The summed E-state index contributed by atoms with van der Waals surface area (Å²) in [6.07, 6.45) is 0. The maximum absolute atomic E-state index is 13.1. The molecule has 0 fully saturated rings. The van der Waals surface area contributed by atoms with Crippen molar-refractivity contribution < 1.29 is 9.59 Å². The molecule has 0 bridgehead atoms. The fraction of sp³-hybridized carbons (Fsp3) is 0.333. The number of amides is 2. The van der Waals surface area contributed by atoms with Crippen LogP contribution >= 0.6 is 0 Å².